The van der Waals surface area contributed by atoms with Gasteiger partial charge in [0.05, 0.1) is 0 Å². The first kappa shape index (κ1) is 7.52. The van der Waals surface area contributed by atoms with Gasteiger partial charge in [0.2, 0.25) is 0 Å². The number of ketones is 1. The molecule has 0 heterocycles. The van der Waals surface area contributed by atoms with Gasteiger partial charge in [0.15, 0.2) is 0 Å². The van der Waals surface area contributed by atoms with Crippen LogP contribution >= 0.6 is 0 Å². The van der Waals surface area contributed by atoms with Crippen molar-refractivity contribution in [3.8, 4) is 0 Å². The van der Waals surface area contributed by atoms with E-state index >= 15 is 0 Å². The van der Waals surface area contributed by atoms with Gasteiger partial charge in [0.25, 0.3) is 0 Å². The summed E-state index contributed by atoms with van der Waals surface area (Å²) in [5.41, 5.74) is 0. The Labute approximate surface area is 62.1 Å². The molecule has 0 aromatic rings. The van der Waals surface area contributed by atoms with Gasteiger partial charge in [-0.15, -0.1) is 0 Å². The number of rotatable bonds is 0. The normalized spacial score (nSPS) is 30.9. The average molecular weight is 138 g/mol. The minimum Gasteiger partial charge on any atom is -0.300 e. The van der Waals surface area contributed by atoms with E-state index in [1.165, 1.54) is 0 Å². The van der Waals surface area contributed by atoms with Crippen LogP contribution in [0.3, 0.4) is 0 Å². The Kier molecular flexibility index (Phi) is 2.67. The molecule has 1 heteroatoms. The largest absolute Gasteiger partial charge is 0.300 e. The molecule has 10 heavy (non-hydrogen) atoms. The van der Waals surface area contributed by atoms with Crippen LogP contribution in [0, 0.1) is 5.92 Å². The summed E-state index contributed by atoms with van der Waals surface area (Å²) >= 11 is 0. The molecule has 1 rings (SSSR count). The minimum absolute atomic E-state index is 0.427. The number of carbonyl (C=O) groups is 1. The molecular weight excluding hydrogens is 124 g/mol. The molecule has 0 saturated heterocycles. The fourth-order valence-corrected chi connectivity index (χ4v) is 1.18. The van der Waals surface area contributed by atoms with Crippen LogP contribution in [-0.4, -0.2) is 5.78 Å². The topological polar surface area (TPSA) is 17.1 Å². The van der Waals surface area contributed by atoms with Crippen molar-refractivity contribution < 1.29 is 4.79 Å². The summed E-state index contributed by atoms with van der Waals surface area (Å²) in [6.45, 7) is 2.16. The number of carbonyl (C=O) groups excluding carboxylic acids is 1. The average Bonchev–Trinajstić information content (AvgIpc) is 1.90. The summed E-state index contributed by atoms with van der Waals surface area (Å²) in [5.74, 6) is 1.03. The SMILES string of the molecule is CC1/C=C\CCC(=O)CC1. The Balaban J connectivity index is 2.45. The third kappa shape index (κ3) is 2.34. The Morgan fingerprint density at radius 1 is 1.50 bits per heavy atom. The van der Waals surface area contributed by atoms with Gasteiger partial charge in [0.1, 0.15) is 5.78 Å². The highest BCUT2D eigenvalue weighted by atomic mass is 16.1. The third-order valence-corrected chi connectivity index (χ3v) is 1.93. The maximum Gasteiger partial charge on any atom is 0.133 e. The van der Waals surface area contributed by atoms with Gasteiger partial charge in [0, 0.05) is 12.8 Å². The monoisotopic (exact) mass is 138 g/mol. The van der Waals surface area contributed by atoms with Crippen LogP contribution in [0.2, 0.25) is 0 Å². The van der Waals surface area contributed by atoms with Crippen molar-refractivity contribution in [1.29, 1.82) is 0 Å². The molecule has 1 aliphatic carbocycles. The molecule has 0 aromatic heterocycles. The van der Waals surface area contributed by atoms with Crippen LogP contribution < -0.4 is 0 Å². The highest BCUT2D eigenvalue weighted by Crippen LogP contribution is 2.13. The minimum atomic E-state index is 0.427. The number of hydrogen-bond donors (Lipinski definition) is 0. The number of hydrogen-bond acceptors (Lipinski definition) is 1. The molecule has 0 fully saturated rings. The van der Waals surface area contributed by atoms with Gasteiger partial charge in [-0.05, 0) is 18.8 Å². The fraction of sp³-hybridized carbons (Fsp3) is 0.667. The van der Waals surface area contributed by atoms with Crippen molar-refractivity contribution in [3.05, 3.63) is 12.2 Å². The lowest BCUT2D eigenvalue weighted by Crippen LogP contribution is -2.02. The molecule has 0 spiro atoms. The molecule has 56 valence electrons. The Bertz CT molecular complexity index is 147. The predicted molar refractivity (Wildman–Crippen MR) is 41.8 cm³/mol. The molecule has 1 unspecified atom stereocenters. The molecule has 0 N–H and O–H groups in total. The van der Waals surface area contributed by atoms with Crippen LogP contribution in [0.5, 0.6) is 0 Å². The first-order chi connectivity index (χ1) is 4.79. The maximum absolute atomic E-state index is 10.9. The fourth-order valence-electron chi connectivity index (χ4n) is 1.18. The zero-order valence-electron chi connectivity index (χ0n) is 6.47. The van der Waals surface area contributed by atoms with Crippen molar-refractivity contribution in [1.82, 2.24) is 0 Å². The highest BCUT2D eigenvalue weighted by Gasteiger charge is 2.06. The predicted octanol–water partition coefficient (Wildman–Crippen LogP) is 2.32. The Morgan fingerprint density at radius 2 is 2.30 bits per heavy atom. The summed E-state index contributed by atoms with van der Waals surface area (Å²) < 4.78 is 0. The van der Waals surface area contributed by atoms with Crippen LogP contribution in [0.25, 0.3) is 0 Å². The van der Waals surface area contributed by atoms with Gasteiger partial charge >= 0.3 is 0 Å². The first-order valence-electron chi connectivity index (χ1n) is 3.97. The van der Waals surface area contributed by atoms with E-state index in [4.69, 9.17) is 0 Å². The molecule has 0 radical (unpaired) electrons. The summed E-state index contributed by atoms with van der Waals surface area (Å²) in [6.07, 6.45) is 7.86. The summed E-state index contributed by atoms with van der Waals surface area (Å²) in [5, 5.41) is 0. The standard InChI is InChI=1S/C9H14O/c1-8-4-2-3-5-9(10)7-6-8/h2,4,8H,3,5-7H2,1H3/b4-2-. The van der Waals surface area contributed by atoms with Crippen molar-refractivity contribution in [2.24, 2.45) is 5.92 Å². The van der Waals surface area contributed by atoms with Crippen molar-refractivity contribution in [3.63, 3.8) is 0 Å². The van der Waals surface area contributed by atoms with E-state index < -0.39 is 0 Å². The maximum atomic E-state index is 10.9. The van der Waals surface area contributed by atoms with E-state index in [2.05, 4.69) is 19.1 Å². The van der Waals surface area contributed by atoms with E-state index in [1.54, 1.807) is 0 Å². The molecule has 0 amide bonds. The van der Waals surface area contributed by atoms with Crippen molar-refractivity contribution in [2.45, 2.75) is 32.6 Å². The first-order valence-corrected chi connectivity index (χ1v) is 3.97. The smallest absolute Gasteiger partial charge is 0.133 e. The molecule has 0 aliphatic heterocycles. The van der Waals surface area contributed by atoms with Crippen molar-refractivity contribution in [2.75, 3.05) is 0 Å². The van der Waals surface area contributed by atoms with Gasteiger partial charge in [-0.2, -0.15) is 0 Å². The Morgan fingerprint density at radius 3 is 3.10 bits per heavy atom. The quantitative estimate of drug-likeness (QED) is 0.469. The van der Waals surface area contributed by atoms with Crippen LogP contribution in [0.1, 0.15) is 32.6 Å². The van der Waals surface area contributed by atoms with E-state index in [1.807, 2.05) is 0 Å². The highest BCUT2D eigenvalue weighted by molar-refractivity contribution is 5.78. The molecule has 0 aromatic carbocycles. The van der Waals surface area contributed by atoms with Gasteiger partial charge in [-0.1, -0.05) is 19.1 Å². The van der Waals surface area contributed by atoms with Crippen molar-refractivity contribution >= 4 is 5.78 Å². The zero-order valence-corrected chi connectivity index (χ0v) is 6.47. The zero-order chi connectivity index (χ0) is 7.40. The van der Waals surface area contributed by atoms with E-state index in [0.29, 0.717) is 11.7 Å². The van der Waals surface area contributed by atoms with Gasteiger partial charge in [-0.25, -0.2) is 0 Å². The second kappa shape index (κ2) is 3.55. The molecular formula is C9H14O. The van der Waals surface area contributed by atoms with Crippen LogP contribution in [-0.2, 0) is 4.79 Å². The number of Topliss-reactive ketones (excluding diaryl/α,β-unsaturated/α-hetero) is 1. The lowest BCUT2D eigenvalue weighted by Gasteiger charge is -2.07. The third-order valence-electron chi connectivity index (χ3n) is 1.93. The molecule has 1 nitrogen and oxygen atoms in total. The van der Waals surface area contributed by atoms with E-state index in [-0.39, 0.29) is 0 Å². The molecule has 0 saturated carbocycles. The Hall–Kier alpha value is -0.590. The molecule has 1 atom stereocenters. The van der Waals surface area contributed by atoms with Crippen LogP contribution in [0.15, 0.2) is 12.2 Å². The summed E-state index contributed by atoms with van der Waals surface area (Å²) in [4.78, 5) is 10.9. The van der Waals surface area contributed by atoms with E-state index in [0.717, 1.165) is 25.7 Å². The van der Waals surface area contributed by atoms with E-state index in [9.17, 15) is 4.79 Å². The summed E-state index contributed by atoms with van der Waals surface area (Å²) in [6, 6.07) is 0. The molecule has 1 aliphatic rings. The second-order valence-corrected chi connectivity index (χ2v) is 3.02. The van der Waals surface area contributed by atoms with Gasteiger partial charge < -0.3 is 0 Å². The summed E-state index contributed by atoms with van der Waals surface area (Å²) in [7, 11) is 0. The lowest BCUT2D eigenvalue weighted by atomic mass is 9.98. The lowest BCUT2D eigenvalue weighted by molar-refractivity contribution is -0.119. The second-order valence-electron chi connectivity index (χ2n) is 3.02. The molecule has 0 bridgehead atoms. The number of allylic oxidation sites excluding steroid dienone is 2. The van der Waals surface area contributed by atoms with Gasteiger partial charge in [-0.3, -0.25) is 4.79 Å². The van der Waals surface area contributed by atoms with Crippen LogP contribution in [0.4, 0.5) is 0 Å².